The Morgan fingerprint density at radius 1 is 1.09 bits per heavy atom. The SMILES string of the molecule is CCOC1=C(C(N)=O)C(c2c(C(N)=O)n[nH]c2CC)=C(S(=O)(=O)N2CCN(CC)CC2)CN1. The lowest BCUT2D eigenvalue weighted by molar-refractivity contribution is -0.114. The number of likely N-dealkylation sites (N-methyl/N-ethyl adjacent to an activating group) is 1. The van der Waals surface area contributed by atoms with Gasteiger partial charge in [0.15, 0.2) is 5.69 Å². The maximum atomic E-state index is 13.8. The normalized spacial score (nSPS) is 18.4. The van der Waals surface area contributed by atoms with Crippen molar-refractivity contribution in [3.05, 3.63) is 33.3 Å². The number of H-pyrrole nitrogens is 1. The van der Waals surface area contributed by atoms with E-state index in [-0.39, 0.29) is 46.3 Å². The smallest absolute Gasteiger partial charge is 0.269 e. The third-order valence-corrected chi connectivity index (χ3v) is 7.82. The molecule has 2 amide bonds. The lowest BCUT2D eigenvalue weighted by Gasteiger charge is -2.35. The summed E-state index contributed by atoms with van der Waals surface area (Å²) in [6.45, 7) is 8.22. The lowest BCUT2D eigenvalue weighted by atomic mass is 9.92. The number of aromatic amines is 1. The molecule has 0 bridgehead atoms. The number of rotatable bonds is 9. The van der Waals surface area contributed by atoms with Gasteiger partial charge in [0.2, 0.25) is 15.9 Å². The first-order valence-corrected chi connectivity index (χ1v) is 12.3. The number of ether oxygens (including phenoxy) is 1. The fourth-order valence-corrected chi connectivity index (χ4v) is 5.77. The topological polar surface area (TPSA) is 177 Å². The van der Waals surface area contributed by atoms with Gasteiger partial charge in [0.1, 0.15) is 5.57 Å². The van der Waals surface area contributed by atoms with Gasteiger partial charge in [-0.25, -0.2) is 8.42 Å². The Labute approximate surface area is 193 Å². The summed E-state index contributed by atoms with van der Waals surface area (Å²) in [5.74, 6) is -1.71. The van der Waals surface area contributed by atoms with Crippen LogP contribution in [0.5, 0.6) is 0 Å². The van der Waals surface area contributed by atoms with Gasteiger partial charge >= 0.3 is 0 Å². The van der Waals surface area contributed by atoms with Crippen LogP contribution in [0.3, 0.4) is 0 Å². The molecule has 3 heterocycles. The van der Waals surface area contributed by atoms with E-state index in [1.165, 1.54) is 4.31 Å². The van der Waals surface area contributed by atoms with Gasteiger partial charge in [-0.3, -0.25) is 14.7 Å². The Morgan fingerprint density at radius 3 is 2.27 bits per heavy atom. The van der Waals surface area contributed by atoms with Crippen molar-refractivity contribution in [2.75, 3.05) is 45.9 Å². The van der Waals surface area contributed by atoms with E-state index in [0.29, 0.717) is 38.3 Å². The molecule has 1 fully saturated rings. The van der Waals surface area contributed by atoms with Crippen molar-refractivity contribution >= 4 is 27.4 Å². The van der Waals surface area contributed by atoms with Gasteiger partial charge < -0.3 is 26.4 Å². The first-order chi connectivity index (χ1) is 15.7. The molecular weight excluding hydrogens is 450 g/mol. The molecule has 3 rings (SSSR count). The molecule has 0 aromatic carbocycles. The number of carbonyl (C=O) groups excluding carboxylic acids is 2. The van der Waals surface area contributed by atoms with E-state index in [1.54, 1.807) is 13.8 Å². The maximum Gasteiger partial charge on any atom is 0.269 e. The summed E-state index contributed by atoms with van der Waals surface area (Å²) in [5, 5.41) is 9.61. The first kappa shape index (κ1) is 24.7. The van der Waals surface area contributed by atoms with E-state index >= 15 is 0 Å². The van der Waals surface area contributed by atoms with Crippen molar-refractivity contribution in [1.82, 2.24) is 24.7 Å². The Hall–Kier alpha value is -2.90. The van der Waals surface area contributed by atoms with Crippen LogP contribution in [0.4, 0.5) is 0 Å². The molecule has 2 aliphatic rings. The van der Waals surface area contributed by atoms with E-state index in [0.717, 1.165) is 6.54 Å². The summed E-state index contributed by atoms with van der Waals surface area (Å²) in [7, 11) is -4.03. The summed E-state index contributed by atoms with van der Waals surface area (Å²) in [5.41, 5.74) is 11.5. The molecule has 6 N–H and O–H groups in total. The highest BCUT2D eigenvalue weighted by Gasteiger charge is 2.40. The number of hydrogen-bond acceptors (Lipinski definition) is 8. The Balaban J connectivity index is 2.30. The Bertz CT molecular complexity index is 1100. The van der Waals surface area contributed by atoms with Crippen LogP contribution in [0, 0.1) is 0 Å². The number of primary amides is 2. The molecule has 1 aromatic heterocycles. The third kappa shape index (κ3) is 4.61. The van der Waals surface area contributed by atoms with Crippen LogP contribution >= 0.6 is 0 Å². The van der Waals surface area contributed by atoms with Gasteiger partial charge in [-0.2, -0.15) is 9.40 Å². The lowest BCUT2D eigenvalue weighted by Crippen LogP contribution is -2.49. The number of hydrogen-bond donors (Lipinski definition) is 4. The summed E-state index contributed by atoms with van der Waals surface area (Å²) in [6, 6.07) is 0. The van der Waals surface area contributed by atoms with E-state index < -0.39 is 21.8 Å². The fourth-order valence-electron chi connectivity index (χ4n) is 4.10. The van der Waals surface area contributed by atoms with Gasteiger partial charge in [-0.05, 0) is 19.9 Å². The molecule has 1 saturated heterocycles. The van der Waals surface area contributed by atoms with Crippen LogP contribution in [0.2, 0.25) is 0 Å². The van der Waals surface area contributed by atoms with Crippen LogP contribution < -0.4 is 16.8 Å². The van der Waals surface area contributed by atoms with E-state index in [2.05, 4.69) is 20.4 Å². The second kappa shape index (κ2) is 9.93. The summed E-state index contributed by atoms with van der Waals surface area (Å²) in [4.78, 5) is 26.9. The van der Waals surface area contributed by atoms with Gasteiger partial charge in [0.05, 0.1) is 18.1 Å². The summed E-state index contributed by atoms with van der Waals surface area (Å²) >= 11 is 0. The van der Waals surface area contributed by atoms with Crippen LogP contribution in [0.15, 0.2) is 16.4 Å². The molecule has 33 heavy (non-hydrogen) atoms. The number of sulfonamides is 1. The Kier molecular flexibility index (Phi) is 7.44. The average Bonchev–Trinajstić information content (AvgIpc) is 3.23. The molecule has 0 atom stereocenters. The number of amides is 2. The van der Waals surface area contributed by atoms with Gasteiger partial charge in [-0.15, -0.1) is 0 Å². The van der Waals surface area contributed by atoms with E-state index in [4.69, 9.17) is 16.2 Å². The minimum atomic E-state index is -4.03. The van der Waals surface area contributed by atoms with Crippen molar-refractivity contribution in [3.63, 3.8) is 0 Å². The second-order valence-electron chi connectivity index (χ2n) is 7.64. The number of piperazine rings is 1. The van der Waals surface area contributed by atoms with Crippen molar-refractivity contribution in [2.24, 2.45) is 11.5 Å². The number of carbonyl (C=O) groups is 2. The molecule has 0 saturated carbocycles. The van der Waals surface area contributed by atoms with Crippen molar-refractivity contribution < 1.29 is 22.7 Å². The van der Waals surface area contributed by atoms with Gasteiger partial charge in [-0.1, -0.05) is 13.8 Å². The highest BCUT2D eigenvalue weighted by molar-refractivity contribution is 7.93. The molecule has 12 nitrogen and oxygen atoms in total. The standard InChI is InChI=1S/C20H31N7O5S/c1-4-12-14(17(19(22)29)25-24-12)15-13(11-23-20(32-6-3)16(15)18(21)28)33(30,31)27-9-7-26(5-2)8-10-27/h23H,4-11H2,1-3H3,(H2,21,28)(H2,22,29)(H,24,25). The highest BCUT2D eigenvalue weighted by atomic mass is 32.2. The minimum Gasteiger partial charge on any atom is -0.479 e. The van der Waals surface area contributed by atoms with E-state index in [1.807, 2.05) is 6.92 Å². The zero-order chi connectivity index (χ0) is 24.3. The number of aromatic nitrogens is 2. The zero-order valence-electron chi connectivity index (χ0n) is 19.1. The van der Waals surface area contributed by atoms with E-state index in [9.17, 15) is 18.0 Å². The number of nitrogens with one attached hydrogen (secondary N) is 2. The molecule has 2 aliphatic heterocycles. The van der Waals surface area contributed by atoms with Gasteiger partial charge in [0.25, 0.3) is 11.8 Å². The zero-order valence-corrected chi connectivity index (χ0v) is 19.9. The third-order valence-electron chi connectivity index (χ3n) is 5.81. The number of dihydropyridines is 1. The van der Waals surface area contributed by atoms with Crippen molar-refractivity contribution in [1.29, 1.82) is 0 Å². The Morgan fingerprint density at radius 2 is 1.76 bits per heavy atom. The number of aryl methyl sites for hydroxylation is 1. The number of nitrogens with two attached hydrogens (primary N) is 2. The largest absolute Gasteiger partial charge is 0.479 e. The predicted octanol–water partition coefficient (Wildman–Crippen LogP) is -0.914. The molecular formula is C20H31N7O5S. The highest BCUT2D eigenvalue weighted by Crippen LogP contribution is 2.38. The predicted molar refractivity (Wildman–Crippen MR) is 122 cm³/mol. The molecule has 13 heteroatoms. The molecule has 0 aliphatic carbocycles. The fraction of sp³-hybridized carbons (Fsp3) is 0.550. The van der Waals surface area contributed by atoms with Crippen LogP contribution in [0.1, 0.15) is 42.5 Å². The quantitative estimate of drug-likeness (QED) is 0.350. The average molecular weight is 482 g/mol. The monoisotopic (exact) mass is 481 g/mol. The maximum absolute atomic E-state index is 13.8. The van der Waals surface area contributed by atoms with Crippen LogP contribution in [-0.4, -0.2) is 85.5 Å². The van der Waals surface area contributed by atoms with Crippen molar-refractivity contribution in [2.45, 2.75) is 27.2 Å². The minimum absolute atomic E-state index is 0.00187. The van der Waals surface area contributed by atoms with Gasteiger partial charge in [0, 0.05) is 43.0 Å². The first-order valence-electron chi connectivity index (χ1n) is 10.9. The molecule has 182 valence electrons. The number of nitrogens with zero attached hydrogens (tertiary/aromatic N) is 3. The summed E-state index contributed by atoms with van der Waals surface area (Å²) in [6.07, 6.45) is 0.380. The molecule has 0 spiro atoms. The molecule has 1 aromatic rings. The second-order valence-corrected chi connectivity index (χ2v) is 9.59. The molecule has 0 radical (unpaired) electrons. The van der Waals surface area contributed by atoms with Crippen molar-refractivity contribution in [3.8, 4) is 0 Å². The van der Waals surface area contributed by atoms with Crippen LogP contribution in [-0.2, 0) is 26.0 Å². The van der Waals surface area contributed by atoms with Crippen LogP contribution in [0.25, 0.3) is 5.57 Å². The summed E-state index contributed by atoms with van der Waals surface area (Å²) < 4.78 is 34.6. The molecule has 0 unspecified atom stereocenters.